The van der Waals surface area contributed by atoms with Gasteiger partial charge in [-0.2, -0.15) is 5.10 Å². The molecular weight excluding hydrogens is 391 g/mol. The molecule has 0 aliphatic heterocycles. The molecule has 0 amide bonds. The number of carboxylic acid groups (broad SMARTS) is 2. The Morgan fingerprint density at radius 3 is 2.04 bits per heavy atom. The third kappa shape index (κ3) is 3.54. The van der Waals surface area contributed by atoms with E-state index in [1.807, 2.05) is 13.0 Å². The van der Waals surface area contributed by atoms with Gasteiger partial charge in [-0.3, -0.25) is 0 Å². The average molecular weight is 405 g/mol. The molecule has 0 radical (unpaired) electrons. The minimum absolute atomic E-state index is 0.131. The summed E-state index contributed by atoms with van der Waals surface area (Å²) in [4.78, 5) is 22.7. The van der Waals surface area contributed by atoms with Crippen LogP contribution in [0, 0.1) is 13.8 Å². The molecular formula is C19H14Cl2N2O4. The van der Waals surface area contributed by atoms with Gasteiger partial charge >= 0.3 is 11.9 Å². The number of aryl methyl sites for hydroxylation is 1. The molecule has 138 valence electrons. The second-order valence-corrected chi connectivity index (χ2v) is 6.78. The second-order valence-electron chi connectivity index (χ2n) is 5.97. The Bertz CT molecular complexity index is 1060. The lowest BCUT2D eigenvalue weighted by Crippen LogP contribution is -2.07. The second kappa shape index (κ2) is 7.06. The fourth-order valence-corrected chi connectivity index (χ4v) is 3.24. The summed E-state index contributed by atoms with van der Waals surface area (Å²) in [5.41, 5.74) is 3.10. The monoisotopic (exact) mass is 404 g/mol. The highest BCUT2D eigenvalue weighted by Crippen LogP contribution is 2.33. The Hall–Kier alpha value is -2.83. The van der Waals surface area contributed by atoms with E-state index in [0.717, 1.165) is 17.2 Å². The van der Waals surface area contributed by atoms with Crippen LogP contribution < -0.4 is 0 Å². The van der Waals surface area contributed by atoms with E-state index >= 15 is 0 Å². The molecule has 0 saturated carbocycles. The van der Waals surface area contributed by atoms with E-state index in [2.05, 4.69) is 5.10 Å². The number of carbonyl (C=O) groups is 2. The topological polar surface area (TPSA) is 92.4 Å². The molecule has 27 heavy (non-hydrogen) atoms. The number of aromatic nitrogens is 2. The zero-order chi connectivity index (χ0) is 19.9. The van der Waals surface area contributed by atoms with Gasteiger partial charge in [0.15, 0.2) is 0 Å². The molecule has 0 fully saturated rings. The quantitative estimate of drug-likeness (QED) is 0.647. The highest BCUT2D eigenvalue weighted by Gasteiger charge is 2.18. The minimum atomic E-state index is -1.22. The van der Waals surface area contributed by atoms with Crippen LogP contribution in [0.4, 0.5) is 0 Å². The van der Waals surface area contributed by atoms with Crippen LogP contribution in [0.5, 0.6) is 0 Å². The Balaban J connectivity index is 2.21. The van der Waals surface area contributed by atoms with Crippen molar-refractivity contribution < 1.29 is 19.8 Å². The number of aromatic carboxylic acids is 2. The van der Waals surface area contributed by atoms with Crippen molar-refractivity contribution in [2.24, 2.45) is 0 Å². The molecule has 2 aromatic carbocycles. The van der Waals surface area contributed by atoms with E-state index in [-0.39, 0.29) is 11.1 Å². The number of benzene rings is 2. The van der Waals surface area contributed by atoms with Crippen molar-refractivity contribution in [1.82, 2.24) is 9.78 Å². The van der Waals surface area contributed by atoms with E-state index in [0.29, 0.717) is 27.1 Å². The SMILES string of the molecule is Cc1nn(-c2cc(C(=O)O)cc(C(=O)O)c2)c(C)c1-c1ccc(Cl)c(Cl)c1. The molecule has 0 spiro atoms. The van der Waals surface area contributed by atoms with E-state index in [1.165, 1.54) is 16.8 Å². The number of hydrogen-bond donors (Lipinski definition) is 2. The maximum atomic E-state index is 11.4. The van der Waals surface area contributed by atoms with Crippen molar-refractivity contribution in [3.8, 4) is 16.8 Å². The van der Waals surface area contributed by atoms with Gasteiger partial charge in [0.25, 0.3) is 0 Å². The average Bonchev–Trinajstić information content (AvgIpc) is 2.91. The molecule has 1 heterocycles. The first kappa shape index (κ1) is 18.9. The summed E-state index contributed by atoms with van der Waals surface area (Å²) in [5.74, 6) is -2.43. The first-order chi connectivity index (χ1) is 12.7. The van der Waals surface area contributed by atoms with E-state index in [9.17, 15) is 19.8 Å². The lowest BCUT2D eigenvalue weighted by Gasteiger charge is -2.09. The Labute approximate surface area is 164 Å². The Morgan fingerprint density at radius 1 is 0.926 bits per heavy atom. The van der Waals surface area contributed by atoms with Gasteiger partial charge < -0.3 is 10.2 Å². The first-order valence-electron chi connectivity index (χ1n) is 7.82. The van der Waals surface area contributed by atoms with Crippen LogP contribution in [-0.2, 0) is 0 Å². The van der Waals surface area contributed by atoms with Gasteiger partial charge in [0.05, 0.1) is 32.6 Å². The molecule has 0 atom stereocenters. The normalized spacial score (nSPS) is 10.8. The Kier molecular flexibility index (Phi) is 4.95. The number of carboxylic acids is 2. The lowest BCUT2D eigenvalue weighted by atomic mass is 10.0. The van der Waals surface area contributed by atoms with Crippen molar-refractivity contribution in [1.29, 1.82) is 0 Å². The van der Waals surface area contributed by atoms with Crippen LogP contribution in [0.2, 0.25) is 10.0 Å². The molecule has 0 saturated heterocycles. The van der Waals surface area contributed by atoms with Gasteiger partial charge in [0, 0.05) is 11.3 Å². The van der Waals surface area contributed by atoms with Crippen molar-refractivity contribution in [2.45, 2.75) is 13.8 Å². The summed E-state index contributed by atoms with van der Waals surface area (Å²) in [6.45, 7) is 3.62. The molecule has 0 bridgehead atoms. The summed E-state index contributed by atoms with van der Waals surface area (Å²) >= 11 is 12.1. The minimum Gasteiger partial charge on any atom is -0.478 e. The zero-order valence-electron chi connectivity index (χ0n) is 14.3. The van der Waals surface area contributed by atoms with Gasteiger partial charge in [0.1, 0.15) is 0 Å². The predicted molar refractivity (Wildman–Crippen MR) is 102 cm³/mol. The van der Waals surface area contributed by atoms with Crippen LogP contribution >= 0.6 is 23.2 Å². The number of nitrogens with zero attached hydrogens (tertiary/aromatic N) is 2. The standard InChI is InChI=1S/C19H14Cl2N2O4/c1-9-17(11-3-4-15(20)16(21)8-11)10(2)23(22-9)14-6-12(18(24)25)5-13(7-14)19(26)27/h3-8H,1-2H3,(H,24,25)(H,26,27). The van der Waals surface area contributed by atoms with Gasteiger partial charge in [-0.15, -0.1) is 0 Å². The molecule has 8 heteroatoms. The predicted octanol–water partition coefficient (Wildman–Crippen LogP) is 4.86. The van der Waals surface area contributed by atoms with Crippen LogP contribution in [-0.4, -0.2) is 31.9 Å². The third-order valence-corrected chi connectivity index (χ3v) is 4.89. The summed E-state index contributed by atoms with van der Waals surface area (Å²) in [5, 5.41) is 23.9. The van der Waals surface area contributed by atoms with Crippen molar-refractivity contribution >= 4 is 35.1 Å². The molecule has 6 nitrogen and oxygen atoms in total. The maximum Gasteiger partial charge on any atom is 0.335 e. The molecule has 1 aromatic heterocycles. The third-order valence-electron chi connectivity index (χ3n) is 4.16. The number of rotatable bonds is 4. The first-order valence-corrected chi connectivity index (χ1v) is 8.58. The molecule has 0 unspecified atom stereocenters. The van der Waals surface area contributed by atoms with Crippen LogP contribution in [0.25, 0.3) is 16.8 Å². The van der Waals surface area contributed by atoms with E-state index in [4.69, 9.17) is 23.2 Å². The highest BCUT2D eigenvalue weighted by atomic mass is 35.5. The van der Waals surface area contributed by atoms with Crippen LogP contribution in [0.15, 0.2) is 36.4 Å². The lowest BCUT2D eigenvalue weighted by molar-refractivity contribution is 0.0696. The fraction of sp³-hybridized carbons (Fsp3) is 0.105. The molecule has 3 rings (SSSR count). The van der Waals surface area contributed by atoms with E-state index < -0.39 is 11.9 Å². The smallest absolute Gasteiger partial charge is 0.335 e. The van der Waals surface area contributed by atoms with Gasteiger partial charge in [-0.25, -0.2) is 14.3 Å². The van der Waals surface area contributed by atoms with E-state index in [1.54, 1.807) is 19.1 Å². The Morgan fingerprint density at radius 2 is 1.52 bits per heavy atom. The van der Waals surface area contributed by atoms with Gasteiger partial charge in [-0.1, -0.05) is 29.3 Å². The number of halogens is 2. The van der Waals surface area contributed by atoms with Crippen LogP contribution in [0.1, 0.15) is 32.1 Å². The van der Waals surface area contributed by atoms with Crippen molar-refractivity contribution in [2.75, 3.05) is 0 Å². The summed E-state index contributed by atoms with van der Waals surface area (Å²) < 4.78 is 1.52. The highest BCUT2D eigenvalue weighted by molar-refractivity contribution is 6.42. The molecule has 2 N–H and O–H groups in total. The van der Waals surface area contributed by atoms with Crippen molar-refractivity contribution in [3.05, 3.63) is 69.0 Å². The maximum absolute atomic E-state index is 11.4. The number of hydrogen-bond acceptors (Lipinski definition) is 3. The summed E-state index contributed by atoms with van der Waals surface area (Å²) in [6, 6.07) is 9.09. The van der Waals surface area contributed by atoms with Crippen LogP contribution in [0.3, 0.4) is 0 Å². The van der Waals surface area contributed by atoms with Gasteiger partial charge in [-0.05, 0) is 49.7 Å². The fourth-order valence-electron chi connectivity index (χ4n) is 2.94. The van der Waals surface area contributed by atoms with Crippen molar-refractivity contribution in [3.63, 3.8) is 0 Å². The summed E-state index contributed by atoms with van der Waals surface area (Å²) in [7, 11) is 0. The van der Waals surface area contributed by atoms with Gasteiger partial charge in [0.2, 0.25) is 0 Å². The zero-order valence-corrected chi connectivity index (χ0v) is 15.8. The molecule has 0 aliphatic rings. The largest absolute Gasteiger partial charge is 0.478 e. The molecule has 0 aliphatic carbocycles. The molecule has 3 aromatic rings. The summed E-state index contributed by atoms with van der Waals surface area (Å²) in [6.07, 6.45) is 0.